The topological polar surface area (TPSA) is 37.3 Å². The molecule has 250 valence electrons. The zero-order chi connectivity index (χ0) is 30.6. The van der Waals surface area contributed by atoms with Crippen molar-refractivity contribution in [1.29, 1.82) is 0 Å². The van der Waals surface area contributed by atoms with Crippen molar-refractivity contribution in [2.75, 3.05) is 0 Å². The third-order valence-electron chi connectivity index (χ3n) is 9.32. The summed E-state index contributed by atoms with van der Waals surface area (Å²) in [6, 6.07) is 0. The van der Waals surface area contributed by atoms with Gasteiger partial charge in [-0.3, -0.25) is 4.79 Å². The zero-order valence-electron chi connectivity index (χ0n) is 29.1. The standard InChI is InChI=1S/C40H78O2/c1-3-5-7-9-11-13-15-17-19-21-22-24-26-28-30-32-34-36-38-39(40(41)42)37-35-33-31-29-27-25-23-20-18-16-14-12-10-8-6-4-2/h17,19,39H,3-16,18,20-38H2,1-2H3,(H,41,42). The Morgan fingerprint density at radius 2 is 0.643 bits per heavy atom. The molecule has 0 aromatic carbocycles. The molecule has 0 aromatic heterocycles. The van der Waals surface area contributed by atoms with Crippen LogP contribution in [0.25, 0.3) is 0 Å². The normalized spacial score (nSPS) is 12.4. The molecule has 42 heavy (non-hydrogen) atoms. The number of aliphatic carboxylic acids is 1. The quantitative estimate of drug-likeness (QED) is 0.0582. The lowest BCUT2D eigenvalue weighted by molar-refractivity contribution is -0.142. The van der Waals surface area contributed by atoms with Crippen molar-refractivity contribution in [2.45, 2.75) is 232 Å². The molecule has 0 heterocycles. The summed E-state index contributed by atoms with van der Waals surface area (Å²) in [5, 5.41) is 9.64. The minimum atomic E-state index is -0.558. The van der Waals surface area contributed by atoms with Gasteiger partial charge in [-0.05, 0) is 38.5 Å². The first kappa shape index (κ1) is 41.2. The fraction of sp³-hybridized carbons (Fsp3) is 0.925. The molecule has 0 aromatic rings. The Balaban J connectivity index is 3.40. The van der Waals surface area contributed by atoms with E-state index in [-0.39, 0.29) is 5.92 Å². The van der Waals surface area contributed by atoms with Crippen LogP contribution in [-0.4, -0.2) is 11.1 Å². The van der Waals surface area contributed by atoms with E-state index in [9.17, 15) is 9.90 Å². The van der Waals surface area contributed by atoms with Crippen LogP contribution in [0.15, 0.2) is 12.2 Å². The zero-order valence-corrected chi connectivity index (χ0v) is 29.1. The molecule has 1 unspecified atom stereocenters. The van der Waals surface area contributed by atoms with Crippen molar-refractivity contribution < 1.29 is 9.90 Å². The van der Waals surface area contributed by atoms with Gasteiger partial charge in [0.2, 0.25) is 0 Å². The monoisotopic (exact) mass is 591 g/mol. The van der Waals surface area contributed by atoms with E-state index in [1.54, 1.807) is 0 Å². The molecule has 1 N–H and O–H groups in total. The smallest absolute Gasteiger partial charge is 0.306 e. The number of rotatable bonds is 36. The minimum Gasteiger partial charge on any atom is -0.481 e. The highest BCUT2D eigenvalue weighted by Crippen LogP contribution is 2.20. The molecule has 2 heteroatoms. The van der Waals surface area contributed by atoms with E-state index < -0.39 is 5.97 Å². The van der Waals surface area contributed by atoms with Crippen molar-refractivity contribution >= 4 is 5.97 Å². The van der Waals surface area contributed by atoms with Crippen molar-refractivity contribution in [3.8, 4) is 0 Å². The average Bonchev–Trinajstić information content (AvgIpc) is 2.99. The number of carboxylic acids is 1. The molecule has 0 saturated carbocycles. The fourth-order valence-electron chi connectivity index (χ4n) is 6.32. The van der Waals surface area contributed by atoms with Crippen molar-refractivity contribution in [1.82, 2.24) is 0 Å². The molecular weight excluding hydrogens is 512 g/mol. The predicted molar refractivity (Wildman–Crippen MR) is 189 cm³/mol. The number of hydrogen-bond acceptors (Lipinski definition) is 1. The van der Waals surface area contributed by atoms with Gasteiger partial charge in [0, 0.05) is 0 Å². The van der Waals surface area contributed by atoms with Gasteiger partial charge in [-0.15, -0.1) is 0 Å². The predicted octanol–water partition coefficient (Wildman–Crippen LogP) is 14.5. The highest BCUT2D eigenvalue weighted by molar-refractivity contribution is 5.69. The summed E-state index contributed by atoms with van der Waals surface area (Å²) in [4.78, 5) is 11.7. The molecule has 0 radical (unpaired) electrons. The van der Waals surface area contributed by atoms with Crippen LogP contribution in [0.5, 0.6) is 0 Å². The second-order valence-corrected chi connectivity index (χ2v) is 13.6. The SMILES string of the molecule is CCCCCCCCC=CCCCCCCCCCCC(CCCCCCCCCCCCCCCCCC)C(=O)O. The number of unbranched alkanes of at least 4 members (excludes halogenated alkanes) is 29. The summed E-state index contributed by atoms with van der Waals surface area (Å²) in [6.07, 6.45) is 49.8. The molecule has 0 saturated heterocycles. The van der Waals surface area contributed by atoms with Gasteiger partial charge in [-0.25, -0.2) is 0 Å². The molecule has 0 aliphatic heterocycles. The number of carboxylic acid groups (broad SMARTS) is 1. The van der Waals surface area contributed by atoms with E-state index in [0.29, 0.717) is 0 Å². The first-order valence-corrected chi connectivity index (χ1v) is 19.6. The van der Waals surface area contributed by atoms with Crippen LogP contribution >= 0.6 is 0 Å². The van der Waals surface area contributed by atoms with Gasteiger partial charge < -0.3 is 5.11 Å². The molecule has 0 bridgehead atoms. The molecule has 2 nitrogen and oxygen atoms in total. The Labute approximate surface area is 265 Å². The van der Waals surface area contributed by atoms with Crippen molar-refractivity contribution in [3.63, 3.8) is 0 Å². The molecule has 0 amide bonds. The third-order valence-corrected chi connectivity index (χ3v) is 9.32. The summed E-state index contributed by atoms with van der Waals surface area (Å²) in [7, 11) is 0. The van der Waals surface area contributed by atoms with Gasteiger partial charge in [-0.1, -0.05) is 206 Å². The second-order valence-electron chi connectivity index (χ2n) is 13.6. The molecule has 0 aliphatic rings. The molecule has 0 rings (SSSR count). The van der Waals surface area contributed by atoms with Crippen LogP contribution in [0.1, 0.15) is 232 Å². The number of hydrogen-bond donors (Lipinski definition) is 1. The third kappa shape index (κ3) is 33.7. The van der Waals surface area contributed by atoms with E-state index in [1.165, 1.54) is 193 Å². The first-order chi connectivity index (χ1) is 20.7. The maximum atomic E-state index is 11.7. The Hall–Kier alpha value is -0.790. The average molecular weight is 591 g/mol. The van der Waals surface area contributed by atoms with Gasteiger partial charge in [0.05, 0.1) is 5.92 Å². The Morgan fingerprint density at radius 3 is 0.905 bits per heavy atom. The number of carbonyl (C=O) groups is 1. The van der Waals surface area contributed by atoms with Gasteiger partial charge in [0.15, 0.2) is 0 Å². The van der Waals surface area contributed by atoms with E-state index >= 15 is 0 Å². The molecular formula is C40H78O2. The largest absolute Gasteiger partial charge is 0.481 e. The van der Waals surface area contributed by atoms with E-state index in [1.807, 2.05) is 0 Å². The lowest BCUT2D eigenvalue weighted by Gasteiger charge is -2.12. The summed E-state index contributed by atoms with van der Waals surface area (Å²) in [5.41, 5.74) is 0. The number of allylic oxidation sites excluding steroid dienone is 2. The minimum absolute atomic E-state index is 0.106. The maximum Gasteiger partial charge on any atom is 0.306 e. The lowest BCUT2D eigenvalue weighted by Crippen LogP contribution is -2.13. The molecule has 0 spiro atoms. The van der Waals surface area contributed by atoms with Gasteiger partial charge in [0.25, 0.3) is 0 Å². The molecule has 0 aliphatic carbocycles. The summed E-state index contributed by atoms with van der Waals surface area (Å²) in [6.45, 7) is 4.57. The van der Waals surface area contributed by atoms with E-state index in [2.05, 4.69) is 26.0 Å². The lowest BCUT2D eigenvalue weighted by atomic mass is 9.94. The van der Waals surface area contributed by atoms with E-state index in [4.69, 9.17) is 0 Å². The maximum absolute atomic E-state index is 11.7. The Kier molecular flexibility index (Phi) is 35.7. The fourth-order valence-corrected chi connectivity index (χ4v) is 6.32. The van der Waals surface area contributed by atoms with Crippen molar-refractivity contribution in [3.05, 3.63) is 12.2 Å². The molecule has 0 fully saturated rings. The second kappa shape index (κ2) is 36.4. The van der Waals surface area contributed by atoms with Gasteiger partial charge in [0.1, 0.15) is 0 Å². The Morgan fingerprint density at radius 1 is 0.405 bits per heavy atom. The summed E-state index contributed by atoms with van der Waals surface area (Å²) >= 11 is 0. The molecule has 1 atom stereocenters. The van der Waals surface area contributed by atoms with Crippen molar-refractivity contribution in [2.24, 2.45) is 5.92 Å². The first-order valence-electron chi connectivity index (χ1n) is 19.6. The highest BCUT2D eigenvalue weighted by Gasteiger charge is 2.16. The van der Waals surface area contributed by atoms with Crippen LogP contribution in [-0.2, 0) is 4.79 Å². The van der Waals surface area contributed by atoms with Gasteiger partial charge >= 0.3 is 5.97 Å². The van der Waals surface area contributed by atoms with Crippen LogP contribution in [0.2, 0.25) is 0 Å². The highest BCUT2D eigenvalue weighted by atomic mass is 16.4. The summed E-state index contributed by atoms with van der Waals surface area (Å²) < 4.78 is 0. The van der Waals surface area contributed by atoms with Crippen LogP contribution in [0, 0.1) is 5.92 Å². The van der Waals surface area contributed by atoms with Gasteiger partial charge in [-0.2, -0.15) is 0 Å². The Bertz CT molecular complexity index is 540. The summed E-state index contributed by atoms with van der Waals surface area (Å²) in [5.74, 6) is -0.664. The van der Waals surface area contributed by atoms with Crippen LogP contribution < -0.4 is 0 Å². The van der Waals surface area contributed by atoms with E-state index in [0.717, 1.165) is 25.7 Å². The van der Waals surface area contributed by atoms with Crippen LogP contribution in [0.4, 0.5) is 0 Å². The van der Waals surface area contributed by atoms with Crippen LogP contribution in [0.3, 0.4) is 0 Å².